The van der Waals surface area contributed by atoms with Gasteiger partial charge in [-0.1, -0.05) is 32.9 Å². The summed E-state index contributed by atoms with van der Waals surface area (Å²) in [5.74, 6) is 0. The molecule has 0 aliphatic rings. The van der Waals surface area contributed by atoms with Gasteiger partial charge in [-0.25, -0.2) is 0 Å². The predicted octanol–water partition coefficient (Wildman–Crippen LogP) is 1.21. The van der Waals surface area contributed by atoms with E-state index in [0.717, 1.165) is 10.9 Å². The average molecular weight is 229 g/mol. The second kappa shape index (κ2) is 4.13. The topological polar surface area (TPSA) is 53.4 Å². The number of fused-ring (bicyclic) bond motifs is 1. The van der Waals surface area contributed by atoms with E-state index in [0.29, 0.717) is 5.46 Å². The molecule has 0 bridgehead atoms. The second-order valence-corrected chi connectivity index (χ2v) is 5.30. The molecule has 1 aromatic heterocycles. The fourth-order valence-corrected chi connectivity index (χ4v) is 1.76. The Morgan fingerprint density at radius 3 is 2.41 bits per heavy atom. The fraction of sp³-hybridized carbons (Fsp3) is 0.308. The Hall–Kier alpha value is -1.39. The van der Waals surface area contributed by atoms with E-state index in [2.05, 4.69) is 31.8 Å². The van der Waals surface area contributed by atoms with Gasteiger partial charge in [0, 0.05) is 17.0 Å². The minimum atomic E-state index is -1.47. The van der Waals surface area contributed by atoms with Crippen LogP contribution in [0.2, 0.25) is 0 Å². The summed E-state index contributed by atoms with van der Waals surface area (Å²) < 4.78 is 0. The van der Waals surface area contributed by atoms with E-state index in [9.17, 15) is 0 Å². The summed E-state index contributed by atoms with van der Waals surface area (Å²) in [6.45, 7) is 6.44. The smallest absolute Gasteiger partial charge is 0.423 e. The van der Waals surface area contributed by atoms with Gasteiger partial charge in [0.25, 0.3) is 0 Å². The van der Waals surface area contributed by atoms with Crippen LogP contribution in [-0.2, 0) is 5.41 Å². The van der Waals surface area contributed by atoms with Crippen LogP contribution in [0.15, 0.2) is 30.5 Å². The molecule has 1 aromatic carbocycles. The number of hydrogen-bond acceptors (Lipinski definition) is 3. The van der Waals surface area contributed by atoms with Crippen molar-refractivity contribution in [2.45, 2.75) is 26.2 Å². The lowest BCUT2D eigenvalue weighted by molar-refractivity contribution is 0.425. The minimum absolute atomic E-state index is 0.0715. The molecule has 1 heterocycles. The second-order valence-electron chi connectivity index (χ2n) is 5.30. The third-order valence-corrected chi connectivity index (χ3v) is 2.87. The first kappa shape index (κ1) is 12.1. The van der Waals surface area contributed by atoms with Crippen LogP contribution < -0.4 is 5.46 Å². The Kier molecular flexibility index (Phi) is 2.93. The lowest BCUT2D eigenvalue weighted by Crippen LogP contribution is -2.30. The molecule has 0 unspecified atom stereocenters. The van der Waals surface area contributed by atoms with Crippen LogP contribution in [0.5, 0.6) is 0 Å². The molecule has 0 saturated carbocycles. The van der Waals surface area contributed by atoms with Gasteiger partial charge in [0.05, 0.1) is 5.52 Å². The van der Waals surface area contributed by atoms with Gasteiger partial charge in [0.15, 0.2) is 0 Å². The molecule has 2 N–H and O–H groups in total. The molecule has 0 saturated heterocycles. The monoisotopic (exact) mass is 229 g/mol. The molecule has 0 atom stereocenters. The van der Waals surface area contributed by atoms with Crippen molar-refractivity contribution in [3.63, 3.8) is 0 Å². The molecule has 0 radical (unpaired) electrons. The maximum atomic E-state index is 9.13. The Labute approximate surface area is 101 Å². The van der Waals surface area contributed by atoms with Crippen LogP contribution in [0.1, 0.15) is 26.3 Å². The van der Waals surface area contributed by atoms with Crippen LogP contribution in [0.4, 0.5) is 0 Å². The summed E-state index contributed by atoms with van der Waals surface area (Å²) in [6.07, 6.45) is 1.49. The lowest BCUT2D eigenvalue weighted by Gasteiger charge is -2.19. The van der Waals surface area contributed by atoms with E-state index in [4.69, 9.17) is 10.0 Å². The van der Waals surface area contributed by atoms with Gasteiger partial charge in [0.1, 0.15) is 0 Å². The summed E-state index contributed by atoms with van der Waals surface area (Å²) in [4.78, 5) is 4.21. The number of aromatic nitrogens is 1. The van der Waals surface area contributed by atoms with E-state index in [-0.39, 0.29) is 5.41 Å². The molecule has 0 spiro atoms. The first-order valence-electron chi connectivity index (χ1n) is 5.64. The first-order chi connectivity index (χ1) is 7.88. The molecule has 88 valence electrons. The average Bonchev–Trinajstić information content (AvgIpc) is 2.26. The van der Waals surface area contributed by atoms with Crippen LogP contribution in [0, 0.1) is 0 Å². The van der Waals surface area contributed by atoms with Crippen molar-refractivity contribution in [3.8, 4) is 0 Å². The Bertz CT molecular complexity index is 547. The zero-order valence-electron chi connectivity index (χ0n) is 10.3. The molecular weight excluding hydrogens is 213 g/mol. The molecule has 0 amide bonds. The highest BCUT2D eigenvalue weighted by atomic mass is 16.4. The Morgan fingerprint density at radius 1 is 1.12 bits per heavy atom. The van der Waals surface area contributed by atoms with Gasteiger partial charge in [-0.2, -0.15) is 0 Å². The molecule has 17 heavy (non-hydrogen) atoms. The van der Waals surface area contributed by atoms with Crippen molar-refractivity contribution >= 4 is 23.5 Å². The highest BCUT2D eigenvalue weighted by Crippen LogP contribution is 2.24. The van der Waals surface area contributed by atoms with E-state index < -0.39 is 7.12 Å². The van der Waals surface area contributed by atoms with Crippen molar-refractivity contribution in [3.05, 3.63) is 36.0 Å². The number of rotatable bonds is 1. The SMILES string of the molecule is CC(C)(C)c1ccc2ncc(B(O)O)cc2c1. The zero-order valence-corrected chi connectivity index (χ0v) is 10.3. The lowest BCUT2D eigenvalue weighted by atomic mass is 9.80. The highest BCUT2D eigenvalue weighted by Gasteiger charge is 2.15. The van der Waals surface area contributed by atoms with Crippen LogP contribution in [0.3, 0.4) is 0 Å². The van der Waals surface area contributed by atoms with Crippen molar-refractivity contribution in [2.75, 3.05) is 0 Å². The quantitative estimate of drug-likeness (QED) is 0.722. The number of benzene rings is 1. The third-order valence-electron chi connectivity index (χ3n) is 2.87. The predicted molar refractivity (Wildman–Crippen MR) is 70.3 cm³/mol. The van der Waals surface area contributed by atoms with E-state index in [1.807, 2.05) is 12.1 Å². The van der Waals surface area contributed by atoms with E-state index in [1.165, 1.54) is 11.8 Å². The minimum Gasteiger partial charge on any atom is -0.423 e. The van der Waals surface area contributed by atoms with Gasteiger partial charge >= 0.3 is 7.12 Å². The summed E-state index contributed by atoms with van der Waals surface area (Å²) in [6, 6.07) is 7.84. The van der Waals surface area contributed by atoms with Crippen LogP contribution in [-0.4, -0.2) is 22.2 Å². The van der Waals surface area contributed by atoms with Gasteiger partial charge in [-0.05, 0) is 23.1 Å². The zero-order chi connectivity index (χ0) is 12.6. The summed E-state index contributed by atoms with van der Waals surface area (Å²) in [7, 11) is -1.47. The fourth-order valence-electron chi connectivity index (χ4n) is 1.76. The molecule has 3 nitrogen and oxygen atoms in total. The molecule has 4 heteroatoms. The van der Waals surface area contributed by atoms with E-state index in [1.54, 1.807) is 6.07 Å². The molecule has 0 aliphatic carbocycles. The maximum Gasteiger partial charge on any atom is 0.490 e. The first-order valence-corrected chi connectivity index (χ1v) is 5.64. The van der Waals surface area contributed by atoms with Crippen molar-refractivity contribution in [2.24, 2.45) is 0 Å². The van der Waals surface area contributed by atoms with Crippen molar-refractivity contribution < 1.29 is 10.0 Å². The van der Waals surface area contributed by atoms with Crippen molar-refractivity contribution in [1.29, 1.82) is 0 Å². The summed E-state index contributed by atoms with van der Waals surface area (Å²) in [5, 5.41) is 19.2. The normalized spacial score (nSPS) is 11.8. The largest absolute Gasteiger partial charge is 0.490 e. The van der Waals surface area contributed by atoms with Gasteiger partial charge < -0.3 is 10.0 Å². The molecular formula is C13H16BNO2. The van der Waals surface area contributed by atoms with Gasteiger partial charge in [-0.3, -0.25) is 4.98 Å². The van der Waals surface area contributed by atoms with E-state index >= 15 is 0 Å². The Morgan fingerprint density at radius 2 is 1.82 bits per heavy atom. The molecule has 2 rings (SSSR count). The number of pyridine rings is 1. The number of nitrogens with zero attached hydrogens (tertiary/aromatic N) is 1. The number of hydrogen-bond donors (Lipinski definition) is 2. The third kappa shape index (κ3) is 2.48. The highest BCUT2D eigenvalue weighted by molar-refractivity contribution is 6.58. The molecule has 2 aromatic rings. The standard InChI is InChI=1S/C13H16BNO2/c1-13(2,3)10-4-5-12-9(6-10)7-11(8-15-12)14(16)17/h4-8,16-17H,1-3H3. The Balaban J connectivity index is 2.59. The summed E-state index contributed by atoms with van der Waals surface area (Å²) in [5.41, 5.74) is 2.56. The van der Waals surface area contributed by atoms with Gasteiger partial charge in [0.2, 0.25) is 0 Å². The van der Waals surface area contributed by atoms with Gasteiger partial charge in [-0.15, -0.1) is 0 Å². The van der Waals surface area contributed by atoms with Crippen LogP contribution >= 0.6 is 0 Å². The summed E-state index contributed by atoms with van der Waals surface area (Å²) >= 11 is 0. The molecule has 0 fully saturated rings. The van der Waals surface area contributed by atoms with Crippen LogP contribution in [0.25, 0.3) is 10.9 Å². The maximum absolute atomic E-state index is 9.13. The molecule has 0 aliphatic heterocycles. The van der Waals surface area contributed by atoms with Crippen molar-refractivity contribution in [1.82, 2.24) is 4.98 Å².